The molecule has 0 radical (unpaired) electrons. The molecule has 33 heavy (non-hydrogen) atoms. The van der Waals surface area contributed by atoms with Crippen molar-refractivity contribution in [2.45, 2.75) is 31.2 Å². The number of alkyl halides is 2. The molecular weight excluding hydrogens is 467 g/mol. The highest BCUT2D eigenvalue weighted by molar-refractivity contribution is 6.30. The lowest BCUT2D eigenvalue weighted by Crippen LogP contribution is -2.53. The van der Waals surface area contributed by atoms with E-state index in [2.05, 4.69) is 25.4 Å². The Hall–Kier alpha value is -3.18. The highest BCUT2D eigenvalue weighted by Gasteiger charge is 2.43. The van der Waals surface area contributed by atoms with Crippen molar-refractivity contribution >= 4 is 29.1 Å². The third-order valence-electron chi connectivity index (χ3n) is 5.03. The van der Waals surface area contributed by atoms with Crippen molar-refractivity contribution in [3.8, 4) is 17.2 Å². The van der Waals surface area contributed by atoms with Gasteiger partial charge in [-0.15, -0.1) is 8.78 Å². The van der Waals surface area contributed by atoms with Gasteiger partial charge in [-0.25, -0.2) is 4.39 Å². The molecule has 3 N–H and O–H groups in total. The van der Waals surface area contributed by atoms with E-state index < -0.39 is 24.1 Å². The van der Waals surface area contributed by atoms with Crippen LogP contribution in [0.15, 0.2) is 36.4 Å². The van der Waals surface area contributed by atoms with Gasteiger partial charge in [-0.1, -0.05) is 11.6 Å². The summed E-state index contributed by atoms with van der Waals surface area (Å²) in [6.07, 6.45) is -2.77. The van der Waals surface area contributed by atoms with Gasteiger partial charge in [0.25, 0.3) is 5.91 Å². The molecule has 2 aromatic rings. The minimum Gasteiger partial charge on any atom is -0.484 e. The predicted octanol–water partition coefficient (Wildman–Crippen LogP) is 3.05. The van der Waals surface area contributed by atoms with E-state index in [1.54, 1.807) is 0 Å². The number of anilines is 1. The van der Waals surface area contributed by atoms with Crippen LogP contribution in [0, 0.1) is 5.82 Å². The molecule has 2 aromatic carbocycles. The lowest BCUT2D eigenvalue weighted by atomic mass is 10.00. The van der Waals surface area contributed by atoms with E-state index in [0.29, 0.717) is 19.4 Å². The number of fused-ring (bicyclic) bond motifs is 1. The largest absolute Gasteiger partial charge is 0.586 e. The van der Waals surface area contributed by atoms with Gasteiger partial charge in [-0.3, -0.25) is 9.59 Å². The molecule has 2 heterocycles. The molecule has 2 aliphatic rings. The van der Waals surface area contributed by atoms with Gasteiger partial charge in [0, 0.05) is 30.4 Å². The Labute approximate surface area is 191 Å². The van der Waals surface area contributed by atoms with Crippen LogP contribution in [0.25, 0.3) is 0 Å². The Bertz CT molecular complexity index is 1060. The molecule has 2 amide bonds. The van der Waals surface area contributed by atoms with Crippen LogP contribution in [-0.2, 0) is 9.59 Å². The Morgan fingerprint density at radius 2 is 1.94 bits per heavy atom. The first-order valence-corrected chi connectivity index (χ1v) is 10.4. The van der Waals surface area contributed by atoms with Gasteiger partial charge in [-0.2, -0.15) is 0 Å². The average molecular weight is 486 g/mol. The molecule has 0 saturated carbocycles. The van der Waals surface area contributed by atoms with Crippen LogP contribution in [0.2, 0.25) is 5.02 Å². The first-order valence-electron chi connectivity index (χ1n) is 10.00. The van der Waals surface area contributed by atoms with Crippen molar-refractivity contribution in [3.63, 3.8) is 0 Å². The molecule has 0 spiro atoms. The van der Waals surface area contributed by atoms with Crippen LogP contribution in [0.1, 0.15) is 12.8 Å². The zero-order valence-electron chi connectivity index (χ0n) is 17.0. The maximum atomic E-state index is 13.4. The normalized spacial score (nSPS) is 20.7. The zero-order valence-corrected chi connectivity index (χ0v) is 17.8. The molecule has 4 rings (SSSR count). The summed E-state index contributed by atoms with van der Waals surface area (Å²) in [7, 11) is 0. The van der Waals surface area contributed by atoms with Crippen molar-refractivity contribution in [2.24, 2.45) is 0 Å². The van der Waals surface area contributed by atoms with Crippen LogP contribution in [0.4, 0.5) is 18.9 Å². The van der Waals surface area contributed by atoms with E-state index in [0.717, 1.165) is 6.07 Å². The van der Waals surface area contributed by atoms with Gasteiger partial charge in [0.2, 0.25) is 5.91 Å². The van der Waals surface area contributed by atoms with E-state index in [-0.39, 0.29) is 46.5 Å². The summed E-state index contributed by atoms with van der Waals surface area (Å²) < 4.78 is 53.6. The lowest BCUT2D eigenvalue weighted by molar-refractivity contribution is -0.286. The number of hydrogen-bond donors (Lipinski definition) is 3. The van der Waals surface area contributed by atoms with Crippen LogP contribution in [0.3, 0.4) is 0 Å². The highest BCUT2D eigenvalue weighted by atomic mass is 35.5. The second-order valence-electron chi connectivity index (χ2n) is 7.49. The summed E-state index contributed by atoms with van der Waals surface area (Å²) in [5.41, 5.74) is 0.285. The van der Waals surface area contributed by atoms with Gasteiger partial charge in [0.05, 0.1) is 11.1 Å². The Morgan fingerprint density at radius 1 is 1.15 bits per heavy atom. The van der Waals surface area contributed by atoms with E-state index in [9.17, 15) is 22.8 Å². The summed E-state index contributed by atoms with van der Waals surface area (Å²) in [4.78, 5) is 24.6. The van der Waals surface area contributed by atoms with Crippen LogP contribution in [-0.4, -0.2) is 43.3 Å². The van der Waals surface area contributed by atoms with Crippen molar-refractivity contribution in [1.29, 1.82) is 0 Å². The summed E-state index contributed by atoms with van der Waals surface area (Å²) in [5, 5.41) is 8.42. The number of piperidine rings is 1. The third-order valence-corrected chi connectivity index (χ3v) is 5.33. The molecule has 0 bridgehead atoms. The summed E-state index contributed by atoms with van der Waals surface area (Å²) in [5.74, 6) is -1.49. The maximum absolute atomic E-state index is 13.4. The number of carbonyl (C=O) groups excluding carboxylic acids is 2. The van der Waals surface area contributed by atoms with E-state index in [4.69, 9.17) is 16.3 Å². The lowest BCUT2D eigenvalue weighted by Gasteiger charge is -2.29. The molecule has 0 unspecified atom stereocenters. The minimum atomic E-state index is -3.73. The van der Waals surface area contributed by atoms with E-state index >= 15 is 0 Å². The number of ether oxygens (including phenoxy) is 3. The van der Waals surface area contributed by atoms with E-state index in [1.165, 1.54) is 30.3 Å². The fourth-order valence-electron chi connectivity index (χ4n) is 3.44. The molecule has 176 valence electrons. The van der Waals surface area contributed by atoms with Gasteiger partial charge in [0.15, 0.2) is 18.1 Å². The fraction of sp³-hybridized carbons (Fsp3) is 0.333. The SMILES string of the molecule is O=C(COc1ccc(Cl)c(F)c1)N[C@H]1CC[C@H](C(=O)Nc2ccc3c(c2)OC(F)(F)O3)NC1. The van der Waals surface area contributed by atoms with Crippen LogP contribution < -0.4 is 30.2 Å². The number of benzene rings is 2. The van der Waals surface area contributed by atoms with Gasteiger partial charge in [0.1, 0.15) is 11.6 Å². The minimum absolute atomic E-state index is 0.0428. The number of hydrogen-bond acceptors (Lipinski definition) is 6. The van der Waals surface area contributed by atoms with Crippen molar-refractivity contribution in [2.75, 3.05) is 18.5 Å². The van der Waals surface area contributed by atoms with Gasteiger partial charge >= 0.3 is 6.29 Å². The second kappa shape index (κ2) is 9.36. The maximum Gasteiger partial charge on any atom is 0.586 e. The number of halogens is 4. The van der Waals surface area contributed by atoms with Crippen molar-refractivity contribution in [1.82, 2.24) is 10.6 Å². The third kappa shape index (κ3) is 5.79. The smallest absolute Gasteiger partial charge is 0.484 e. The monoisotopic (exact) mass is 485 g/mol. The van der Waals surface area contributed by atoms with Gasteiger partial charge < -0.3 is 30.2 Å². The highest BCUT2D eigenvalue weighted by Crippen LogP contribution is 2.42. The molecule has 0 aromatic heterocycles. The first kappa shape index (κ1) is 23.0. The van der Waals surface area contributed by atoms with Crippen molar-refractivity contribution < 1.29 is 37.0 Å². The Kier molecular flexibility index (Phi) is 6.52. The summed E-state index contributed by atoms with van der Waals surface area (Å²) in [6, 6.07) is 7.10. The second-order valence-corrected chi connectivity index (χ2v) is 7.89. The standard InChI is InChI=1S/C21H19ClF3N3O5/c22-14-4-3-13(8-15(14)23)31-10-19(29)27-12-1-5-16(26-9-12)20(30)28-11-2-6-17-18(7-11)33-21(24,25)32-17/h2-4,6-8,12,16,26H,1,5,9-10H2,(H,27,29)(H,28,30)/t12-,16+/m0/s1. The molecule has 0 aliphatic carbocycles. The number of carbonyl (C=O) groups is 2. The average Bonchev–Trinajstić information content (AvgIpc) is 3.08. The quantitative estimate of drug-likeness (QED) is 0.582. The summed E-state index contributed by atoms with van der Waals surface area (Å²) >= 11 is 5.60. The van der Waals surface area contributed by atoms with Crippen molar-refractivity contribution in [3.05, 3.63) is 47.2 Å². The first-order chi connectivity index (χ1) is 15.7. The molecule has 8 nitrogen and oxygen atoms in total. The molecule has 1 fully saturated rings. The number of rotatable bonds is 6. The van der Waals surface area contributed by atoms with Crippen LogP contribution >= 0.6 is 11.6 Å². The van der Waals surface area contributed by atoms with Gasteiger partial charge in [-0.05, 0) is 37.1 Å². The van der Waals surface area contributed by atoms with Crippen LogP contribution in [0.5, 0.6) is 17.2 Å². The molecular formula is C21H19ClF3N3O5. The molecule has 2 aliphatic heterocycles. The molecule has 2 atom stereocenters. The topological polar surface area (TPSA) is 97.9 Å². The molecule has 12 heteroatoms. The number of nitrogens with one attached hydrogen (secondary N) is 3. The summed E-state index contributed by atoms with van der Waals surface area (Å²) in [6.45, 7) is 0.0391. The Balaban J connectivity index is 1.20. The Morgan fingerprint density at radius 3 is 2.67 bits per heavy atom. The zero-order chi connectivity index (χ0) is 23.6. The predicted molar refractivity (Wildman–Crippen MR) is 111 cm³/mol. The number of amides is 2. The fourth-order valence-corrected chi connectivity index (χ4v) is 3.56. The van der Waals surface area contributed by atoms with E-state index in [1.807, 2.05) is 0 Å². The molecule has 1 saturated heterocycles.